The van der Waals surface area contributed by atoms with Crippen molar-refractivity contribution in [3.05, 3.63) is 10.8 Å². The predicted octanol–water partition coefficient (Wildman–Crippen LogP) is 2.12. The zero-order valence-electron chi connectivity index (χ0n) is 10.9. The van der Waals surface area contributed by atoms with Gasteiger partial charge in [0.25, 0.3) is 0 Å². The van der Waals surface area contributed by atoms with Crippen LogP contribution in [0.4, 0.5) is 0 Å². The van der Waals surface area contributed by atoms with Crippen molar-refractivity contribution in [3.63, 3.8) is 0 Å². The fourth-order valence-corrected chi connectivity index (χ4v) is 3.66. The number of hydrogen-bond acceptors (Lipinski definition) is 5. The minimum Gasteiger partial charge on any atom is -0.325 e. The molecule has 0 aliphatic heterocycles. The minimum atomic E-state index is -0.0404. The van der Waals surface area contributed by atoms with Crippen LogP contribution in [0.3, 0.4) is 0 Å². The molecule has 1 aliphatic rings. The van der Waals surface area contributed by atoms with Crippen molar-refractivity contribution >= 4 is 16.3 Å². The second-order valence-electron chi connectivity index (χ2n) is 5.65. The molecule has 0 unspecified atom stereocenters. The quantitative estimate of drug-likeness (QED) is 0.923. The van der Waals surface area contributed by atoms with E-state index in [1.54, 1.807) is 11.3 Å². The third-order valence-electron chi connectivity index (χ3n) is 3.68. The van der Waals surface area contributed by atoms with Gasteiger partial charge in [0.05, 0.1) is 0 Å². The van der Waals surface area contributed by atoms with Crippen LogP contribution in [0.25, 0.3) is 4.96 Å². The molecule has 2 aromatic rings. The van der Waals surface area contributed by atoms with Crippen molar-refractivity contribution in [2.45, 2.75) is 57.4 Å². The summed E-state index contributed by atoms with van der Waals surface area (Å²) in [5.74, 6) is 1.28. The Morgan fingerprint density at radius 1 is 1.33 bits per heavy atom. The summed E-state index contributed by atoms with van der Waals surface area (Å²) in [7, 11) is 0. The molecular weight excluding hydrogens is 246 g/mol. The number of nitrogens with two attached hydrogens (primary N) is 1. The zero-order chi connectivity index (χ0) is 12.8. The normalized spacial score (nSPS) is 19.1. The van der Waals surface area contributed by atoms with E-state index in [0.717, 1.165) is 35.1 Å². The molecule has 0 bridgehead atoms. The third kappa shape index (κ3) is 2.03. The smallest absolute Gasteiger partial charge is 0.234 e. The van der Waals surface area contributed by atoms with E-state index in [-0.39, 0.29) is 5.54 Å². The number of nitrogens with zero attached hydrogens (tertiary/aromatic N) is 4. The second kappa shape index (κ2) is 4.28. The lowest BCUT2D eigenvalue weighted by atomic mass is 9.95. The lowest BCUT2D eigenvalue weighted by Gasteiger charge is -2.21. The van der Waals surface area contributed by atoms with E-state index in [2.05, 4.69) is 29.1 Å². The Bertz CT molecular complexity index is 550. The maximum Gasteiger partial charge on any atom is 0.234 e. The van der Waals surface area contributed by atoms with E-state index in [1.807, 2.05) is 4.52 Å². The topological polar surface area (TPSA) is 69.1 Å². The molecule has 0 aromatic carbocycles. The molecule has 1 saturated carbocycles. The molecule has 0 radical (unpaired) electrons. The van der Waals surface area contributed by atoms with Crippen LogP contribution in [0.1, 0.15) is 56.3 Å². The predicted molar refractivity (Wildman–Crippen MR) is 71.8 cm³/mol. The summed E-state index contributed by atoms with van der Waals surface area (Å²) in [5, 5.41) is 14.1. The monoisotopic (exact) mass is 265 g/mol. The van der Waals surface area contributed by atoms with Crippen LogP contribution < -0.4 is 5.73 Å². The van der Waals surface area contributed by atoms with E-state index in [1.165, 1.54) is 12.8 Å². The van der Waals surface area contributed by atoms with Crippen molar-refractivity contribution in [2.75, 3.05) is 0 Å². The summed E-state index contributed by atoms with van der Waals surface area (Å²) < 4.78 is 1.88. The summed E-state index contributed by atoms with van der Waals surface area (Å²) in [5.41, 5.74) is 6.36. The molecule has 98 valence electrons. The Hall–Kier alpha value is -1.01. The summed E-state index contributed by atoms with van der Waals surface area (Å²) in [4.78, 5) is 0.885. The Labute approximate surface area is 110 Å². The fraction of sp³-hybridized carbons (Fsp3) is 0.750. The molecule has 3 rings (SSSR count). The molecule has 1 aliphatic carbocycles. The van der Waals surface area contributed by atoms with Crippen LogP contribution in [0, 0.1) is 0 Å². The zero-order valence-corrected chi connectivity index (χ0v) is 11.7. The number of hydrogen-bond donors (Lipinski definition) is 1. The summed E-state index contributed by atoms with van der Waals surface area (Å²) >= 11 is 1.62. The van der Waals surface area contributed by atoms with Crippen LogP contribution in [-0.2, 0) is 6.42 Å². The van der Waals surface area contributed by atoms with Gasteiger partial charge in [0.1, 0.15) is 5.01 Å². The Morgan fingerprint density at radius 3 is 2.72 bits per heavy atom. The van der Waals surface area contributed by atoms with Gasteiger partial charge >= 0.3 is 0 Å². The van der Waals surface area contributed by atoms with Crippen molar-refractivity contribution in [1.29, 1.82) is 0 Å². The number of rotatable bonds is 3. The Morgan fingerprint density at radius 2 is 2.06 bits per heavy atom. The van der Waals surface area contributed by atoms with Gasteiger partial charge in [-0.25, -0.2) is 0 Å². The van der Waals surface area contributed by atoms with Crippen molar-refractivity contribution in [1.82, 2.24) is 19.8 Å². The largest absolute Gasteiger partial charge is 0.325 e. The van der Waals surface area contributed by atoms with Crippen molar-refractivity contribution in [2.24, 2.45) is 5.73 Å². The molecular formula is C12H19N5S. The van der Waals surface area contributed by atoms with E-state index < -0.39 is 0 Å². The summed E-state index contributed by atoms with van der Waals surface area (Å²) in [6.07, 6.45) is 5.60. The molecule has 2 heterocycles. The van der Waals surface area contributed by atoms with Gasteiger partial charge in [-0.15, -0.1) is 10.2 Å². The molecule has 5 nitrogen and oxygen atoms in total. The van der Waals surface area contributed by atoms with Gasteiger partial charge in [0.2, 0.25) is 4.96 Å². The summed E-state index contributed by atoms with van der Waals surface area (Å²) in [6.45, 7) is 4.22. The lowest BCUT2D eigenvalue weighted by molar-refractivity contribution is 0.433. The molecule has 0 amide bonds. The number of aromatic nitrogens is 4. The van der Waals surface area contributed by atoms with Gasteiger partial charge in [-0.1, -0.05) is 38.0 Å². The SMILES string of the molecule is CC(C)c1nnc2sc(CC3(N)CCCC3)nn12. The average molecular weight is 265 g/mol. The standard InChI is InChI=1S/C12H19N5S/c1-8(2)10-14-15-11-17(10)16-9(18-11)7-12(13)5-3-4-6-12/h8H,3-7,13H2,1-2H3. The van der Waals surface area contributed by atoms with Crippen LogP contribution in [0.2, 0.25) is 0 Å². The van der Waals surface area contributed by atoms with Gasteiger partial charge in [-0.3, -0.25) is 0 Å². The maximum atomic E-state index is 6.40. The Kier molecular flexibility index (Phi) is 2.86. The lowest BCUT2D eigenvalue weighted by Crippen LogP contribution is -2.38. The number of fused-ring (bicyclic) bond motifs is 1. The van der Waals surface area contributed by atoms with Gasteiger partial charge in [-0.05, 0) is 12.8 Å². The Balaban J connectivity index is 1.89. The molecule has 1 fully saturated rings. The molecule has 0 atom stereocenters. The van der Waals surface area contributed by atoms with E-state index >= 15 is 0 Å². The first-order valence-electron chi connectivity index (χ1n) is 6.57. The van der Waals surface area contributed by atoms with Gasteiger partial charge in [-0.2, -0.15) is 9.61 Å². The highest BCUT2D eigenvalue weighted by molar-refractivity contribution is 7.16. The molecule has 0 saturated heterocycles. The van der Waals surface area contributed by atoms with Crippen molar-refractivity contribution in [3.8, 4) is 0 Å². The van der Waals surface area contributed by atoms with E-state index in [9.17, 15) is 0 Å². The van der Waals surface area contributed by atoms with E-state index in [0.29, 0.717) is 5.92 Å². The highest BCUT2D eigenvalue weighted by Gasteiger charge is 2.31. The molecule has 2 N–H and O–H groups in total. The molecule has 6 heteroatoms. The summed E-state index contributed by atoms with van der Waals surface area (Å²) in [6, 6.07) is 0. The van der Waals surface area contributed by atoms with Crippen molar-refractivity contribution < 1.29 is 0 Å². The van der Waals surface area contributed by atoms with Gasteiger partial charge in [0.15, 0.2) is 5.82 Å². The first-order valence-corrected chi connectivity index (χ1v) is 7.39. The van der Waals surface area contributed by atoms with Crippen LogP contribution in [0.15, 0.2) is 0 Å². The first-order chi connectivity index (χ1) is 8.57. The first kappa shape index (κ1) is 12.0. The van der Waals surface area contributed by atoms with Crippen LogP contribution in [0.5, 0.6) is 0 Å². The van der Waals surface area contributed by atoms with Gasteiger partial charge < -0.3 is 5.73 Å². The minimum absolute atomic E-state index is 0.0404. The van der Waals surface area contributed by atoms with Gasteiger partial charge in [0, 0.05) is 17.9 Å². The van der Waals surface area contributed by atoms with E-state index in [4.69, 9.17) is 5.73 Å². The van der Waals surface area contributed by atoms with Crippen LogP contribution >= 0.6 is 11.3 Å². The molecule has 0 spiro atoms. The third-order valence-corrected chi connectivity index (χ3v) is 4.57. The fourth-order valence-electron chi connectivity index (χ4n) is 2.66. The maximum absolute atomic E-state index is 6.40. The highest BCUT2D eigenvalue weighted by Crippen LogP contribution is 2.31. The molecule has 18 heavy (non-hydrogen) atoms. The highest BCUT2D eigenvalue weighted by atomic mass is 32.1. The average Bonchev–Trinajstić information content (AvgIpc) is 2.93. The van der Waals surface area contributed by atoms with Crippen LogP contribution in [-0.4, -0.2) is 25.4 Å². The second-order valence-corrected chi connectivity index (χ2v) is 6.69. The molecule has 2 aromatic heterocycles.